The highest BCUT2D eigenvalue weighted by molar-refractivity contribution is 5.92. The molecule has 1 aromatic carbocycles. The smallest absolute Gasteiger partial charge is 0.272 e. The van der Waals surface area contributed by atoms with Gasteiger partial charge in [0.15, 0.2) is 0 Å². The van der Waals surface area contributed by atoms with Crippen LogP contribution in [-0.2, 0) is 6.42 Å². The van der Waals surface area contributed by atoms with E-state index in [4.69, 9.17) is 4.74 Å². The number of hydrogen-bond acceptors (Lipinski definition) is 3. The fraction of sp³-hybridized carbons (Fsp3) is 0.333. The summed E-state index contributed by atoms with van der Waals surface area (Å²) in [5.41, 5.74) is 1.67. The first kappa shape index (κ1) is 14.6. The zero-order chi connectivity index (χ0) is 15.4. The third kappa shape index (κ3) is 2.96. The largest absolute Gasteiger partial charge is 0.496 e. The monoisotopic (exact) mass is 296 g/mol. The number of ether oxygens (including phenoxy) is 1. The average molecular weight is 296 g/mol. The fourth-order valence-electron chi connectivity index (χ4n) is 3.08. The molecule has 4 heteroatoms. The van der Waals surface area contributed by atoms with E-state index in [1.165, 1.54) is 0 Å². The first-order valence-corrected chi connectivity index (χ1v) is 7.63. The van der Waals surface area contributed by atoms with Crippen LogP contribution in [0.25, 0.3) is 0 Å². The molecule has 4 nitrogen and oxygen atoms in total. The number of methoxy groups -OCH3 is 1. The van der Waals surface area contributed by atoms with E-state index in [2.05, 4.69) is 11.1 Å². The van der Waals surface area contributed by atoms with Crippen molar-refractivity contribution >= 4 is 5.91 Å². The average Bonchev–Trinajstić information content (AvgIpc) is 3.03. The van der Waals surface area contributed by atoms with Crippen LogP contribution in [0.5, 0.6) is 5.75 Å². The van der Waals surface area contributed by atoms with Gasteiger partial charge in [-0.2, -0.15) is 0 Å². The molecule has 0 spiro atoms. The molecule has 1 amide bonds. The molecule has 1 aromatic heterocycles. The number of carbonyl (C=O) groups excluding carboxylic acids is 1. The Bertz CT molecular complexity index is 643. The molecule has 1 saturated heterocycles. The number of para-hydroxylation sites is 1. The van der Waals surface area contributed by atoms with Gasteiger partial charge in [0.05, 0.1) is 7.11 Å². The van der Waals surface area contributed by atoms with Crippen molar-refractivity contribution in [1.29, 1.82) is 0 Å². The molecule has 0 radical (unpaired) electrons. The predicted octanol–water partition coefficient (Wildman–Crippen LogP) is 2.94. The molecule has 0 N–H and O–H groups in total. The van der Waals surface area contributed by atoms with Gasteiger partial charge in [-0.25, -0.2) is 0 Å². The number of pyridine rings is 1. The summed E-state index contributed by atoms with van der Waals surface area (Å²) >= 11 is 0. The van der Waals surface area contributed by atoms with Gasteiger partial charge in [0, 0.05) is 18.8 Å². The molecule has 1 aliphatic rings. The summed E-state index contributed by atoms with van der Waals surface area (Å²) in [6.45, 7) is 0.801. The third-order valence-corrected chi connectivity index (χ3v) is 4.17. The van der Waals surface area contributed by atoms with Gasteiger partial charge in [0.1, 0.15) is 11.4 Å². The first-order chi connectivity index (χ1) is 10.8. The Kier molecular flexibility index (Phi) is 4.37. The lowest BCUT2D eigenvalue weighted by atomic mass is 10.0. The van der Waals surface area contributed by atoms with Crippen molar-refractivity contribution in [1.82, 2.24) is 9.88 Å². The molecule has 1 atom stereocenters. The standard InChI is InChI=1S/C18H20N2O2/c1-22-17-10-3-2-7-14(17)13-15-8-6-12-20(15)18(21)16-9-4-5-11-19-16/h2-5,7,9-11,15H,6,8,12-13H2,1H3. The second kappa shape index (κ2) is 6.60. The number of amides is 1. The Balaban J connectivity index is 1.77. The van der Waals surface area contributed by atoms with Crippen LogP contribution in [0.1, 0.15) is 28.9 Å². The normalized spacial score (nSPS) is 17.5. The third-order valence-electron chi connectivity index (χ3n) is 4.17. The zero-order valence-electron chi connectivity index (χ0n) is 12.7. The number of likely N-dealkylation sites (tertiary alicyclic amines) is 1. The molecule has 1 aliphatic heterocycles. The van der Waals surface area contributed by atoms with Gasteiger partial charge in [0.25, 0.3) is 5.91 Å². The van der Waals surface area contributed by atoms with E-state index in [0.717, 1.165) is 37.1 Å². The lowest BCUT2D eigenvalue weighted by Crippen LogP contribution is -2.37. The van der Waals surface area contributed by atoms with E-state index in [9.17, 15) is 4.79 Å². The SMILES string of the molecule is COc1ccccc1CC1CCCN1C(=O)c1ccccn1. The predicted molar refractivity (Wildman–Crippen MR) is 85.0 cm³/mol. The van der Waals surface area contributed by atoms with Crippen LogP contribution in [0.15, 0.2) is 48.7 Å². The molecule has 114 valence electrons. The molecule has 0 aliphatic carbocycles. The number of carbonyl (C=O) groups is 1. The topological polar surface area (TPSA) is 42.4 Å². The Hall–Kier alpha value is -2.36. The van der Waals surface area contributed by atoms with Crippen molar-refractivity contribution in [2.75, 3.05) is 13.7 Å². The maximum Gasteiger partial charge on any atom is 0.272 e. The number of nitrogens with zero attached hydrogens (tertiary/aromatic N) is 2. The van der Waals surface area contributed by atoms with Crippen LogP contribution in [0, 0.1) is 0 Å². The Morgan fingerprint density at radius 3 is 2.86 bits per heavy atom. The summed E-state index contributed by atoms with van der Waals surface area (Å²) < 4.78 is 5.42. The molecular formula is C18H20N2O2. The van der Waals surface area contributed by atoms with Crippen LogP contribution < -0.4 is 4.74 Å². The van der Waals surface area contributed by atoms with Crippen LogP contribution in [0.4, 0.5) is 0 Å². The lowest BCUT2D eigenvalue weighted by Gasteiger charge is -2.25. The van der Waals surface area contributed by atoms with Gasteiger partial charge in [-0.1, -0.05) is 24.3 Å². The highest BCUT2D eigenvalue weighted by Crippen LogP contribution is 2.26. The summed E-state index contributed by atoms with van der Waals surface area (Å²) in [4.78, 5) is 18.8. The number of aromatic nitrogens is 1. The van der Waals surface area contributed by atoms with Crippen molar-refractivity contribution in [3.63, 3.8) is 0 Å². The highest BCUT2D eigenvalue weighted by atomic mass is 16.5. The van der Waals surface area contributed by atoms with Gasteiger partial charge < -0.3 is 9.64 Å². The summed E-state index contributed by atoms with van der Waals surface area (Å²) in [7, 11) is 1.68. The van der Waals surface area contributed by atoms with Crippen LogP contribution >= 0.6 is 0 Å². The number of hydrogen-bond donors (Lipinski definition) is 0. The minimum absolute atomic E-state index is 0.0259. The van der Waals surface area contributed by atoms with Crippen molar-refractivity contribution < 1.29 is 9.53 Å². The molecule has 0 bridgehead atoms. The van der Waals surface area contributed by atoms with Gasteiger partial charge in [-0.3, -0.25) is 9.78 Å². The molecule has 22 heavy (non-hydrogen) atoms. The Labute approximate surface area is 130 Å². The minimum atomic E-state index is 0.0259. The van der Waals surface area contributed by atoms with Crippen LogP contribution in [0.2, 0.25) is 0 Å². The Morgan fingerprint density at radius 2 is 2.09 bits per heavy atom. The number of benzene rings is 1. The van der Waals surface area contributed by atoms with Gasteiger partial charge in [-0.05, 0) is 43.0 Å². The summed E-state index contributed by atoms with van der Waals surface area (Å²) in [6, 6.07) is 13.7. The van der Waals surface area contributed by atoms with E-state index in [1.807, 2.05) is 35.2 Å². The van der Waals surface area contributed by atoms with E-state index in [1.54, 1.807) is 19.4 Å². The van der Waals surface area contributed by atoms with Crippen molar-refractivity contribution in [2.45, 2.75) is 25.3 Å². The lowest BCUT2D eigenvalue weighted by molar-refractivity contribution is 0.0730. The quantitative estimate of drug-likeness (QED) is 0.871. The second-order valence-electron chi connectivity index (χ2n) is 5.53. The fourth-order valence-corrected chi connectivity index (χ4v) is 3.08. The van der Waals surface area contributed by atoms with E-state index < -0.39 is 0 Å². The summed E-state index contributed by atoms with van der Waals surface area (Å²) in [6.07, 6.45) is 4.55. The zero-order valence-corrected chi connectivity index (χ0v) is 12.7. The highest BCUT2D eigenvalue weighted by Gasteiger charge is 2.30. The van der Waals surface area contributed by atoms with Crippen LogP contribution in [0.3, 0.4) is 0 Å². The molecule has 1 unspecified atom stereocenters. The molecule has 3 rings (SSSR count). The molecule has 2 aromatic rings. The Morgan fingerprint density at radius 1 is 1.27 bits per heavy atom. The molecular weight excluding hydrogens is 276 g/mol. The summed E-state index contributed by atoms with van der Waals surface area (Å²) in [5.74, 6) is 0.914. The summed E-state index contributed by atoms with van der Waals surface area (Å²) in [5, 5.41) is 0. The van der Waals surface area contributed by atoms with E-state index in [-0.39, 0.29) is 11.9 Å². The van der Waals surface area contributed by atoms with Crippen LogP contribution in [-0.4, -0.2) is 35.5 Å². The minimum Gasteiger partial charge on any atom is -0.496 e. The van der Waals surface area contributed by atoms with Crippen molar-refractivity contribution in [3.8, 4) is 5.75 Å². The molecule has 2 heterocycles. The maximum atomic E-state index is 12.6. The first-order valence-electron chi connectivity index (χ1n) is 7.63. The van der Waals surface area contributed by atoms with Crippen molar-refractivity contribution in [3.05, 3.63) is 59.9 Å². The number of rotatable bonds is 4. The van der Waals surface area contributed by atoms with Gasteiger partial charge in [-0.15, -0.1) is 0 Å². The van der Waals surface area contributed by atoms with E-state index in [0.29, 0.717) is 5.69 Å². The second-order valence-corrected chi connectivity index (χ2v) is 5.53. The maximum absolute atomic E-state index is 12.6. The molecule has 0 saturated carbocycles. The van der Waals surface area contributed by atoms with Gasteiger partial charge in [0.2, 0.25) is 0 Å². The van der Waals surface area contributed by atoms with Gasteiger partial charge >= 0.3 is 0 Å². The van der Waals surface area contributed by atoms with Crippen molar-refractivity contribution in [2.24, 2.45) is 0 Å². The van der Waals surface area contributed by atoms with E-state index >= 15 is 0 Å². The molecule has 1 fully saturated rings.